The molecule has 0 amide bonds. The van der Waals surface area contributed by atoms with Gasteiger partial charge in [0.05, 0.1) is 4.90 Å². The fraction of sp³-hybridized carbons (Fsp3) is 0.545. The topological polar surface area (TPSA) is 97.1 Å². The van der Waals surface area contributed by atoms with E-state index in [-0.39, 0.29) is 10.9 Å². The quantitative estimate of drug-likeness (QED) is 0.553. The summed E-state index contributed by atoms with van der Waals surface area (Å²) < 4.78 is 27.4. The third-order valence-corrected chi connectivity index (χ3v) is 5.91. The predicted octanol–water partition coefficient (Wildman–Crippen LogP) is 0.930. The molecule has 1 aromatic rings. The van der Waals surface area contributed by atoms with E-state index in [9.17, 15) is 8.42 Å². The van der Waals surface area contributed by atoms with Gasteiger partial charge in [-0.25, -0.2) is 24.0 Å². The third kappa shape index (κ3) is 3.38. The Morgan fingerprint density at radius 1 is 1.47 bits per heavy atom. The minimum absolute atomic E-state index is 0.00227. The van der Waals surface area contributed by atoms with Crippen LogP contribution in [0, 0.1) is 0 Å². The van der Waals surface area contributed by atoms with Crippen LogP contribution in [0.1, 0.15) is 19.3 Å². The molecule has 2 atom stereocenters. The maximum Gasteiger partial charge on any atom is 0.241 e. The number of anilines is 1. The van der Waals surface area contributed by atoms with E-state index in [2.05, 4.69) is 15.1 Å². The van der Waals surface area contributed by atoms with Crippen LogP contribution in [0.2, 0.25) is 0 Å². The number of nitrogens with two attached hydrogens (primary N) is 1. The number of nitrogen functional groups attached to an aromatic ring is 1. The lowest BCUT2D eigenvalue weighted by molar-refractivity contribution is 0.555. The average Bonchev–Trinajstić information content (AvgIpc) is 2.85. The summed E-state index contributed by atoms with van der Waals surface area (Å²) in [7, 11) is -3.52. The van der Waals surface area contributed by atoms with Gasteiger partial charge in [-0.1, -0.05) is 6.42 Å². The second-order valence-corrected chi connectivity index (χ2v) is 7.24. The van der Waals surface area contributed by atoms with Gasteiger partial charge >= 0.3 is 0 Å². The first-order chi connectivity index (χ1) is 9.06. The predicted molar refractivity (Wildman–Crippen MR) is 77.3 cm³/mol. The molecule has 19 heavy (non-hydrogen) atoms. The summed E-state index contributed by atoms with van der Waals surface area (Å²) in [5, 5.41) is 0.351. The summed E-state index contributed by atoms with van der Waals surface area (Å²) in [5.41, 5.74) is 2.35. The molecule has 0 radical (unpaired) electrons. The smallest absolute Gasteiger partial charge is 0.241 e. The van der Waals surface area contributed by atoms with E-state index in [0.29, 0.717) is 11.1 Å². The van der Waals surface area contributed by atoms with Gasteiger partial charge in [0.2, 0.25) is 10.0 Å². The van der Waals surface area contributed by atoms with E-state index < -0.39 is 10.0 Å². The number of aromatic nitrogens is 1. The van der Waals surface area contributed by atoms with Gasteiger partial charge in [-0.15, -0.1) is 0 Å². The van der Waals surface area contributed by atoms with Gasteiger partial charge in [-0.2, -0.15) is 11.8 Å². The summed E-state index contributed by atoms with van der Waals surface area (Å²) in [5.74, 6) is 5.57. The first kappa shape index (κ1) is 14.6. The number of sulfonamides is 1. The zero-order valence-electron chi connectivity index (χ0n) is 10.7. The molecule has 0 spiro atoms. The van der Waals surface area contributed by atoms with Crippen LogP contribution in [0.25, 0.3) is 0 Å². The van der Waals surface area contributed by atoms with Gasteiger partial charge in [0.15, 0.2) is 0 Å². The molecule has 1 saturated carbocycles. The normalized spacial score (nSPS) is 23.5. The summed E-state index contributed by atoms with van der Waals surface area (Å²) in [4.78, 5) is 4.08. The van der Waals surface area contributed by atoms with Crippen molar-refractivity contribution >= 4 is 27.6 Å². The third-order valence-electron chi connectivity index (χ3n) is 3.25. The lowest BCUT2D eigenvalue weighted by Gasteiger charge is -2.19. The maximum atomic E-state index is 12.3. The van der Waals surface area contributed by atoms with Crippen LogP contribution in [0.3, 0.4) is 0 Å². The van der Waals surface area contributed by atoms with Gasteiger partial charge in [0.1, 0.15) is 5.82 Å². The van der Waals surface area contributed by atoms with E-state index in [1.807, 2.05) is 6.26 Å². The molecule has 1 aromatic heterocycles. The molecular formula is C11H18N4O2S2. The van der Waals surface area contributed by atoms with Crippen LogP contribution in [0.5, 0.6) is 0 Å². The molecule has 2 unspecified atom stereocenters. The highest BCUT2D eigenvalue weighted by atomic mass is 32.2. The summed E-state index contributed by atoms with van der Waals surface area (Å²) in [6.45, 7) is 0. The molecule has 1 aliphatic carbocycles. The Bertz CT molecular complexity index is 535. The number of hydrazine groups is 1. The molecular weight excluding hydrogens is 284 g/mol. The van der Waals surface area contributed by atoms with Crippen molar-refractivity contribution in [3.05, 3.63) is 18.3 Å². The fourth-order valence-electron chi connectivity index (χ4n) is 2.27. The Morgan fingerprint density at radius 2 is 2.26 bits per heavy atom. The number of nitrogens with one attached hydrogen (secondary N) is 2. The van der Waals surface area contributed by atoms with Crippen molar-refractivity contribution in [2.75, 3.05) is 11.7 Å². The molecule has 6 nitrogen and oxygen atoms in total. The van der Waals surface area contributed by atoms with Gasteiger partial charge in [-0.05, 0) is 25.2 Å². The Labute approximate surface area is 117 Å². The second-order valence-electron chi connectivity index (χ2n) is 4.45. The number of hydrogen-bond acceptors (Lipinski definition) is 6. The number of thioether (sulfide) groups is 1. The summed E-state index contributed by atoms with van der Waals surface area (Å²) in [6, 6.07) is 2.89. The van der Waals surface area contributed by atoms with Crippen LogP contribution in [0.15, 0.2) is 23.2 Å². The number of pyridine rings is 1. The van der Waals surface area contributed by atoms with Gasteiger partial charge in [0, 0.05) is 23.6 Å². The molecule has 0 saturated heterocycles. The van der Waals surface area contributed by atoms with Gasteiger partial charge < -0.3 is 5.43 Å². The molecule has 1 fully saturated rings. The van der Waals surface area contributed by atoms with Crippen LogP contribution in [-0.4, -0.2) is 30.9 Å². The lowest BCUT2D eigenvalue weighted by atomic mass is 10.3. The first-order valence-corrected chi connectivity index (χ1v) is 8.81. The van der Waals surface area contributed by atoms with Crippen molar-refractivity contribution in [3.8, 4) is 0 Å². The van der Waals surface area contributed by atoms with Gasteiger partial charge in [-0.3, -0.25) is 0 Å². The molecule has 106 valence electrons. The molecule has 1 aliphatic rings. The van der Waals surface area contributed by atoms with Crippen molar-refractivity contribution < 1.29 is 8.42 Å². The van der Waals surface area contributed by atoms with Crippen molar-refractivity contribution in [3.63, 3.8) is 0 Å². The van der Waals surface area contributed by atoms with E-state index in [1.165, 1.54) is 18.3 Å². The molecule has 0 bridgehead atoms. The maximum absolute atomic E-state index is 12.3. The Kier molecular flexibility index (Phi) is 4.67. The van der Waals surface area contributed by atoms with Crippen molar-refractivity contribution in [1.82, 2.24) is 9.71 Å². The monoisotopic (exact) mass is 302 g/mol. The van der Waals surface area contributed by atoms with Crippen LogP contribution < -0.4 is 16.0 Å². The van der Waals surface area contributed by atoms with Gasteiger partial charge in [0.25, 0.3) is 0 Å². The largest absolute Gasteiger partial charge is 0.308 e. The standard InChI is InChI=1S/C11H18N4O2S2/c1-18-10-4-2-3-9(10)15-19(16,17)8-5-6-13-11(7-8)14-12/h5-7,9-10,15H,2-4,12H2,1H3,(H,13,14). The summed E-state index contributed by atoms with van der Waals surface area (Å²) in [6.07, 6.45) is 6.44. The highest BCUT2D eigenvalue weighted by molar-refractivity contribution is 7.99. The van der Waals surface area contributed by atoms with E-state index in [4.69, 9.17) is 5.84 Å². The molecule has 0 aliphatic heterocycles. The first-order valence-electron chi connectivity index (χ1n) is 6.04. The van der Waals surface area contributed by atoms with Crippen molar-refractivity contribution in [2.45, 2.75) is 35.4 Å². The molecule has 0 aromatic carbocycles. The number of nitrogens with zero attached hydrogens (tertiary/aromatic N) is 1. The molecule has 8 heteroatoms. The Balaban J connectivity index is 2.17. The van der Waals surface area contributed by atoms with E-state index >= 15 is 0 Å². The fourth-order valence-corrected chi connectivity index (χ4v) is 4.61. The zero-order valence-corrected chi connectivity index (χ0v) is 12.3. The van der Waals surface area contributed by atoms with E-state index in [1.54, 1.807) is 11.8 Å². The van der Waals surface area contributed by atoms with Crippen LogP contribution in [0.4, 0.5) is 5.82 Å². The molecule has 2 rings (SSSR count). The second kappa shape index (κ2) is 6.08. The minimum Gasteiger partial charge on any atom is -0.308 e. The summed E-state index contributed by atoms with van der Waals surface area (Å²) >= 11 is 1.71. The minimum atomic E-state index is -3.52. The molecule has 1 heterocycles. The number of rotatable bonds is 5. The highest BCUT2D eigenvalue weighted by Gasteiger charge is 2.30. The lowest BCUT2D eigenvalue weighted by Crippen LogP contribution is -2.38. The van der Waals surface area contributed by atoms with Crippen LogP contribution >= 0.6 is 11.8 Å². The van der Waals surface area contributed by atoms with E-state index in [0.717, 1.165) is 19.3 Å². The number of hydrogen-bond donors (Lipinski definition) is 3. The SMILES string of the molecule is CSC1CCCC1NS(=O)(=O)c1ccnc(NN)c1. The highest BCUT2D eigenvalue weighted by Crippen LogP contribution is 2.29. The van der Waals surface area contributed by atoms with Crippen molar-refractivity contribution in [1.29, 1.82) is 0 Å². The average molecular weight is 302 g/mol. The van der Waals surface area contributed by atoms with Crippen molar-refractivity contribution in [2.24, 2.45) is 5.84 Å². The Hall–Kier alpha value is -0.830. The Morgan fingerprint density at radius 3 is 2.95 bits per heavy atom. The van der Waals surface area contributed by atoms with Crippen LogP contribution in [-0.2, 0) is 10.0 Å². The zero-order chi connectivity index (χ0) is 13.9. The molecule has 4 N–H and O–H groups in total.